The van der Waals surface area contributed by atoms with E-state index in [-0.39, 0.29) is 24.2 Å². The third kappa shape index (κ3) is 5.26. The van der Waals surface area contributed by atoms with Crippen molar-refractivity contribution in [1.82, 2.24) is 10.2 Å². The highest BCUT2D eigenvalue weighted by molar-refractivity contribution is 5.95. The number of hydrogen-bond donors (Lipinski definition) is 2. The molecule has 5 nitrogen and oxygen atoms in total. The van der Waals surface area contributed by atoms with Gasteiger partial charge in [-0.05, 0) is 56.0 Å². The monoisotopic (exact) mass is 401 g/mol. The number of anilines is 1. The largest absolute Gasteiger partial charge is 0.399 e. The molecule has 0 spiro atoms. The first-order valence-corrected chi connectivity index (χ1v) is 9.45. The molecule has 1 aliphatic rings. The Kier molecular flexibility index (Phi) is 7.46. The third-order valence-electron chi connectivity index (χ3n) is 5.23. The Labute approximate surface area is 172 Å². The Morgan fingerprint density at radius 3 is 2.46 bits per heavy atom. The quantitative estimate of drug-likeness (QED) is 0.755. The van der Waals surface area contributed by atoms with Gasteiger partial charge in [-0.15, -0.1) is 12.4 Å². The number of hydrogen-bond acceptors (Lipinski definition) is 3. The van der Waals surface area contributed by atoms with Gasteiger partial charge in [0.25, 0.3) is 5.91 Å². The lowest BCUT2D eigenvalue weighted by atomic mass is 9.80. The second-order valence-corrected chi connectivity index (χ2v) is 7.50. The van der Waals surface area contributed by atoms with E-state index in [1.165, 1.54) is 0 Å². The van der Waals surface area contributed by atoms with Crippen LogP contribution in [0.15, 0.2) is 54.6 Å². The number of carbonyl (C=O) groups is 2. The zero-order valence-electron chi connectivity index (χ0n) is 16.2. The van der Waals surface area contributed by atoms with E-state index in [1.54, 1.807) is 4.90 Å². The van der Waals surface area contributed by atoms with Crippen LogP contribution in [-0.2, 0) is 11.2 Å². The first-order chi connectivity index (χ1) is 13.0. The number of rotatable bonds is 5. The fourth-order valence-electron chi connectivity index (χ4n) is 3.58. The zero-order chi connectivity index (χ0) is 19.3. The molecule has 1 aliphatic heterocycles. The molecular formula is C22H28ClN3O2. The molecule has 1 heterocycles. The van der Waals surface area contributed by atoms with Gasteiger partial charge in [0.2, 0.25) is 5.91 Å². The molecule has 150 valence electrons. The number of likely N-dealkylation sites (tertiary alicyclic amines) is 1. The molecule has 0 radical (unpaired) electrons. The fraction of sp³-hybridized carbons (Fsp3) is 0.364. The number of nitrogens with zero attached hydrogens (tertiary/aromatic N) is 1. The van der Waals surface area contributed by atoms with Gasteiger partial charge in [-0.1, -0.05) is 30.3 Å². The number of halogens is 1. The summed E-state index contributed by atoms with van der Waals surface area (Å²) in [7, 11) is 0. The molecule has 1 fully saturated rings. The highest BCUT2D eigenvalue weighted by Gasteiger charge is 2.39. The van der Waals surface area contributed by atoms with Crippen LogP contribution in [-0.4, -0.2) is 36.3 Å². The van der Waals surface area contributed by atoms with E-state index in [4.69, 9.17) is 5.73 Å². The molecule has 0 aromatic heterocycles. The standard InChI is InChI=1S/C22H27N3O2.ClH/c1-22(21(27)24-14-12-17-8-10-19(23)11-9-17)13-5-15-25(16-22)20(26)18-6-3-2-4-7-18;/h2-4,6-11H,5,12-16,23H2,1H3,(H,24,27);1H. The summed E-state index contributed by atoms with van der Waals surface area (Å²) in [6.07, 6.45) is 2.38. The second kappa shape index (κ2) is 9.60. The van der Waals surface area contributed by atoms with Crippen LogP contribution < -0.4 is 11.1 Å². The Morgan fingerprint density at radius 1 is 1.11 bits per heavy atom. The van der Waals surface area contributed by atoms with E-state index in [0.717, 1.165) is 30.5 Å². The van der Waals surface area contributed by atoms with Crippen LogP contribution in [0, 0.1) is 5.41 Å². The van der Waals surface area contributed by atoms with Gasteiger partial charge < -0.3 is 16.0 Å². The van der Waals surface area contributed by atoms with Crippen molar-refractivity contribution in [2.45, 2.75) is 26.2 Å². The van der Waals surface area contributed by atoms with E-state index in [0.29, 0.717) is 25.2 Å². The van der Waals surface area contributed by atoms with Crippen molar-refractivity contribution >= 4 is 29.9 Å². The molecule has 3 N–H and O–H groups in total. The van der Waals surface area contributed by atoms with E-state index in [2.05, 4.69) is 5.32 Å². The van der Waals surface area contributed by atoms with Gasteiger partial charge in [0.1, 0.15) is 0 Å². The topological polar surface area (TPSA) is 75.4 Å². The summed E-state index contributed by atoms with van der Waals surface area (Å²) in [5, 5.41) is 3.05. The predicted octanol–water partition coefficient (Wildman–Crippen LogP) is 3.29. The predicted molar refractivity (Wildman–Crippen MR) is 115 cm³/mol. The van der Waals surface area contributed by atoms with Gasteiger partial charge in [-0.3, -0.25) is 9.59 Å². The van der Waals surface area contributed by atoms with E-state index in [1.807, 2.05) is 61.5 Å². The SMILES string of the molecule is CC1(C(=O)NCCc2ccc(N)cc2)CCCN(C(=O)c2ccccc2)C1.Cl. The Hall–Kier alpha value is -2.53. The van der Waals surface area contributed by atoms with Crippen molar-refractivity contribution in [3.63, 3.8) is 0 Å². The van der Waals surface area contributed by atoms with Crippen LogP contribution >= 0.6 is 12.4 Å². The third-order valence-corrected chi connectivity index (χ3v) is 5.23. The number of nitrogens with two attached hydrogens (primary N) is 1. The van der Waals surface area contributed by atoms with Gasteiger partial charge in [0.15, 0.2) is 0 Å². The summed E-state index contributed by atoms with van der Waals surface area (Å²) in [4.78, 5) is 27.3. The van der Waals surface area contributed by atoms with Crippen molar-refractivity contribution in [1.29, 1.82) is 0 Å². The van der Waals surface area contributed by atoms with Crippen LogP contribution in [0.5, 0.6) is 0 Å². The maximum absolute atomic E-state index is 12.8. The Bertz CT molecular complexity index is 795. The lowest BCUT2D eigenvalue weighted by Crippen LogP contribution is -2.52. The molecule has 1 saturated heterocycles. The summed E-state index contributed by atoms with van der Waals surface area (Å²) in [6, 6.07) is 16.9. The summed E-state index contributed by atoms with van der Waals surface area (Å²) in [5.74, 6) is 0.0136. The normalized spacial score (nSPS) is 18.8. The lowest BCUT2D eigenvalue weighted by molar-refractivity contribution is -0.132. The maximum atomic E-state index is 12.8. The maximum Gasteiger partial charge on any atom is 0.253 e. The van der Waals surface area contributed by atoms with Crippen LogP contribution in [0.25, 0.3) is 0 Å². The van der Waals surface area contributed by atoms with Gasteiger partial charge in [0.05, 0.1) is 5.41 Å². The van der Waals surface area contributed by atoms with Gasteiger partial charge in [-0.2, -0.15) is 0 Å². The van der Waals surface area contributed by atoms with Gasteiger partial charge >= 0.3 is 0 Å². The zero-order valence-corrected chi connectivity index (χ0v) is 17.0. The molecule has 6 heteroatoms. The summed E-state index contributed by atoms with van der Waals surface area (Å²) < 4.78 is 0. The van der Waals surface area contributed by atoms with Crippen molar-refractivity contribution in [2.24, 2.45) is 5.41 Å². The summed E-state index contributed by atoms with van der Waals surface area (Å²) in [5.41, 5.74) is 7.69. The van der Waals surface area contributed by atoms with Crippen LogP contribution in [0.1, 0.15) is 35.7 Å². The highest BCUT2D eigenvalue weighted by Crippen LogP contribution is 2.30. The molecule has 3 rings (SSSR count). The molecule has 2 aromatic rings. The Balaban J connectivity index is 0.00000280. The minimum absolute atomic E-state index is 0. The number of amides is 2. The average molecular weight is 402 g/mol. The number of nitrogens with one attached hydrogen (secondary N) is 1. The second-order valence-electron chi connectivity index (χ2n) is 7.50. The molecule has 2 aromatic carbocycles. The van der Waals surface area contributed by atoms with E-state index < -0.39 is 5.41 Å². The lowest BCUT2D eigenvalue weighted by Gasteiger charge is -2.39. The minimum Gasteiger partial charge on any atom is -0.399 e. The van der Waals surface area contributed by atoms with Crippen molar-refractivity contribution in [2.75, 3.05) is 25.4 Å². The molecule has 0 aliphatic carbocycles. The van der Waals surface area contributed by atoms with Crippen molar-refractivity contribution < 1.29 is 9.59 Å². The minimum atomic E-state index is -0.552. The number of nitrogen functional groups attached to an aromatic ring is 1. The van der Waals surface area contributed by atoms with E-state index >= 15 is 0 Å². The van der Waals surface area contributed by atoms with Crippen molar-refractivity contribution in [3.8, 4) is 0 Å². The molecule has 0 saturated carbocycles. The summed E-state index contributed by atoms with van der Waals surface area (Å²) in [6.45, 7) is 3.68. The highest BCUT2D eigenvalue weighted by atomic mass is 35.5. The number of benzene rings is 2. The number of carbonyl (C=O) groups excluding carboxylic acids is 2. The molecule has 1 unspecified atom stereocenters. The smallest absolute Gasteiger partial charge is 0.253 e. The van der Waals surface area contributed by atoms with Gasteiger partial charge in [0, 0.05) is 30.9 Å². The number of piperidine rings is 1. The Morgan fingerprint density at radius 2 is 1.79 bits per heavy atom. The molecule has 28 heavy (non-hydrogen) atoms. The summed E-state index contributed by atoms with van der Waals surface area (Å²) >= 11 is 0. The van der Waals surface area contributed by atoms with Gasteiger partial charge in [-0.25, -0.2) is 0 Å². The van der Waals surface area contributed by atoms with E-state index in [9.17, 15) is 9.59 Å². The molecule has 0 bridgehead atoms. The first kappa shape index (κ1) is 21.8. The molecule has 2 amide bonds. The van der Waals surface area contributed by atoms with Crippen molar-refractivity contribution in [3.05, 3.63) is 65.7 Å². The van der Waals surface area contributed by atoms with Crippen LogP contribution in [0.2, 0.25) is 0 Å². The molecular weight excluding hydrogens is 374 g/mol. The molecule has 1 atom stereocenters. The van der Waals surface area contributed by atoms with Crippen LogP contribution in [0.4, 0.5) is 5.69 Å². The average Bonchev–Trinajstić information content (AvgIpc) is 2.69. The fourth-order valence-corrected chi connectivity index (χ4v) is 3.58. The first-order valence-electron chi connectivity index (χ1n) is 9.45. The van der Waals surface area contributed by atoms with Crippen LogP contribution in [0.3, 0.4) is 0 Å².